The lowest BCUT2D eigenvalue weighted by molar-refractivity contribution is -0.0159. The molecule has 0 spiro atoms. The number of fused-ring (bicyclic) bond motifs is 1. The highest BCUT2D eigenvalue weighted by atomic mass is 35.5. The summed E-state index contributed by atoms with van der Waals surface area (Å²) in [5.41, 5.74) is 7.79. The van der Waals surface area contributed by atoms with E-state index in [9.17, 15) is 9.90 Å². The number of hydrogen-bond acceptors (Lipinski definition) is 6. The highest BCUT2D eigenvalue weighted by molar-refractivity contribution is 6.31. The van der Waals surface area contributed by atoms with Gasteiger partial charge in [0.2, 0.25) is 0 Å². The maximum absolute atomic E-state index is 12.0. The number of amides is 1. The Morgan fingerprint density at radius 3 is 2.56 bits per heavy atom. The maximum Gasteiger partial charge on any atom is 0.407 e. The number of nitrogens with one attached hydrogen (secondary N) is 1. The van der Waals surface area contributed by atoms with E-state index in [0.717, 1.165) is 34.7 Å². The summed E-state index contributed by atoms with van der Waals surface area (Å²) in [5, 5.41) is 16.2. The summed E-state index contributed by atoms with van der Waals surface area (Å²) >= 11 is 6.16. The van der Waals surface area contributed by atoms with E-state index in [2.05, 4.69) is 22.1 Å². The van der Waals surface area contributed by atoms with Gasteiger partial charge in [0.15, 0.2) is 0 Å². The van der Waals surface area contributed by atoms with Gasteiger partial charge in [0.1, 0.15) is 17.6 Å². The molecular weight excluding hydrogens is 476 g/mol. The van der Waals surface area contributed by atoms with E-state index in [0.29, 0.717) is 29.5 Å². The molecule has 1 unspecified atom stereocenters. The monoisotopic (exact) mass is 506 g/mol. The average Bonchev–Trinajstić information content (AvgIpc) is 2.82. The van der Waals surface area contributed by atoms with Crippen molar-refractivity contribution in [2.24, 2.45) is 0 Å². The number of aromatic nitrogens is 1. The van der Waals surface area contributed by atoms with Crippen LogP contribution in [-0.4, -0.2) is 45.8 Å². The molecule has 1 aromatic heterocycles. The molecule has 1 atom stereocenters. The van der Waals surface area contributed by atoms with Crippen LogP contribution in [0.3, 0.4) is 0 Å². The highest BCUT2D eigenvalue weighted by Gasteiger charge is 2.27. The molecule has 0 aliphatic carbocycles. The molecule has 1 amide bonds. The van der Waals surface area contributed by atoms with Crippen molar-refractivity contribution in [3.05, 3.63) is 70.4 Å². The molecule has 2 heterocycles. The number of anilines is 1. The molecule has 7 nitrogen and oxygen atoms in total. The number of pyridine rings is 1. The van der Waals surface area contributed by atoms with Crippen LogP contribution in [0.2, 0.25) is 5.02 Å². The number of likely N-dealkylation sites (tertiary alicyclic amines) is 1. The lowest BCUT2D eigenvalue weighted by Crippen LogP contribution is -2.46. The standard InChI is InChI=1S/C28H31ClN4O3/c1-28(2,3)36-27(35)32-22-12-14-33(15-13-22)26(34)19-7-4-18(5-8-19)6-11-23-24-16-21(29)10-9-20(24)17-31-25(23)30/h4-5,7-10,16-17,22,26,34H,12-15H2,1-3H3,(H2,30,31)(H,32,35). The number of rotatable bonds is 3. The predicted octanol–water partition coefficient (Wildman–Crippen LogP) is 4.85. The number of ether oxygens (including phenoxy) is 1. The fourth-order valence-corrected chi connectivity index (χ4v) is 4.35. The summed E-state index contributed by atoms with van der Waals surface area (Å²) in [6.07, 6.45) is 2.06. The van der Waals surface area contributed by atoms with E-state index >= 15 is 0 Å². The Morgan fingerprint density at radius 1 is 1.19 bits per heavy atom. The van der Waals surface area contributed by atoms with Crippen LogP contribution < -0.4 is 11.1 Å². The molecule has 1 aliphatic rings. The van der Waals surface area contributed by atoms with E-state index in [4.69, 9.17) is 22.1 Å². The number of nitrogens with zero attached hydrogens (tertiary/aromatic N) is 2. The summed E-state index contributed by atoms with van der Waals surface area (Å²) < 4.78 is 5.34. The van der Waals surface area contributed by atoms with E-state index in [1.165, 1.54) is 0 Å². The Morgan fingerprint density at radius 2 is 1.89 bits per heavy atom. The average molecular weight is 507 g/mol. The van der Waals surface area contributed by atoms with Crippen LogP contribution in [-0.2, 0) is 4.74 Å². The third-order valence-corrected chi connectivity index (χ3v) is 6.26. The molecule has 3 aromatic rings. The normalized spacial score (nSPS) is 15.7. The molecule has 8 heteroatoms. The summed E-state index contributed by atoms with van der Waals surface area (Å²) in [6, 6.07) is 13.1. The molecule has 0 bridgehead atoms. The topological polar surface area (TPSA) is 101 Å². The Balaban J connectivity index is 1.38. The molecule has 1 aliphatic heterocycles. The zero-order valence-corrected chi connectivity index (χ0v) is 21.5. The van der Waals surface area contributed by atoms with Crippen molar-refractivity contribution in [2.45, 2.75) is 51.5 Å². The van der Waals surface area contributed by atoms with Gasteiger partial charge in [0.05, 0.1) is 5.56 Å². The Labute approximate surface area is 216 Å². The minimum Gasteiger partial charge on any atom is -0.444 e. The molecule has 2 aromatic carbocycles. The molecule has 0 radical (unpaired) electrons. The van der Waals surface area contributed by atoms with Crippen molar-refractivity contribution in [1.29, 1.82) is 0 Å². The van der Waals surface area contributed by atoms with Crippen LogP contribution in [0.4, 0.5) is 10.6 Å². The molecule has 4 N–H and O–H groups in total. The Hall–Kier alpha value is -3.31. The van der Waals surface area contributed by atoms with Crippen LogP contribution in [0.1, 0.15) is 56.5 Å². The van der Waals surface area contributed by atoms with E-state index in [1.807, 2.05) is 68.1 Å². The van der Waals surface area contributed by atoms with Crippen molar-refractivity contribution in [3.8, 4) is 11.8 Å². The van der Waals surface area contributed by atoms with Crippen molar-refractivity contribution < 1.29 is 14.6 Å². The van der Waals surface area contributed by atoms with Crippen LogP contribution in [0.5, 0.6) is 0 Å². The molecular formula is C28H31ClN4O3. The van der Waals surface area contributed by atoms with Gasteiger partial charge in [-0.05, 0) is 63.4 Å². The van der Waals surface area contributed by atoms with Crippen LogP contribution in [0, 0.1) is 11.8 Å². The van der Waals surface area contributed by atoms with Crippen molar-refractivity contribution >= 4 is 34.3 Å². The number of piperidine rings is 1. The summed E-state index contributed by atoms with van der Waals surface area (Å²) in [4.78, 5) is 18.3. The first kappa shape index (κ1) is 25.8. The van der Waals surface area contributed by atoms with Gasteiger partial charge in [-0.15, -0.1) is 0 Å². The van der Waals surface area contributed by atoms with E-state index in [1.54, 1.807) is 6.20 Å². The number of nitrogen functional groups attached to an aromatic ring is 1. The molecule has 188 valence electrons. The molecule has 1 saturated heterocycles. The van der Waals surface area contributed by atoms with Crippen LogP contribution >= 0.6 is 11.6 Å². The van der Waals surface area contributed by atoms with Crippen LogP contribution in [0.25, 0.3) is 10.8 Å². The Bertz CT molecular complexity index is 1300. The zero-order chi connectivity index (χ0) is 25.9. The minimum atomic E-state index is -0.727. The number of benzene rings is 2. The van der Waals surface area contributed by atoms with Crippen molar-refractivity contribution in [1.82, 2.24) is 15.2 Å². The number of aliphatic hydroxyl groups is 1. The number of halogens is 1. The van der Waals surface area contributed by atoms with Gasteiger partial charge in [0.25, 0.3) is 0 Å². The van der Waals surface area contributed by atoms with Gasteiger partial charge >= 0.3 is 6.09 Å². The Kier molecular flexibility index (Phi) is 7.70. The quantitative estimate of drug-likeness (QED) is 0.439. The fraction of sp³-hybridized carbons (Fsp3) is 0.357. The molecule has 36 heavy (non-hydrogen) atoms. The van der Waals surface area contributed by atoms with Gasteiger partial charge < -0.3 is 20.9 Å². The second-order valence-electron chi connectivity index (χ2n) is 9.95. The first-order valence-corrected chi connectivity index (χ1v) is 12.3. The largest absolute Gasteiger partial charge is 0.444 e. The predicted molar refractivity (Wildman–Crippen MR) is 143 cm³/mol. The van der Waals surface area contributed by atoms with E-state index in [-0.39, 0.29) is 6.04 Å². The molecule has 1 fully saturated rings. The summed E-state index contributed by atoms with van der Waals surface area (Å²) in [5.74, 6) is 6.63. The fourth-order valence-electron chi connectivity index (χ4n) is 4.18. The third kappa shape index (κ3) is 6.46. The second kappa shape index (κ2) is 10.8. The summed E-state index contributed by atoms with van der Waals surface area (Å²) in [7, 11) is 0. The third-order valence-electron chi connectivity index (χ3n) is 6.02. The lowest BCUT2D eigenvalue weighted by atomic mass is 10.0. The van der Waals surface area contributed by atoms with Crippen molar-refractivity contribution in [2.75, 3.05) is 18.8 Å². The smallest absolute Gasteiger partial charge is 0.407 e. The van der Waals surface area contributed by atoms with Crippen molar-refractivity contribution in [3.63, 3.8) is 0 Å². The summed E-state index contributed by atoms with van der Waals surface area (Å²) in [6.45, 7) is 6.86. The first-order chi connectivity index (χ1) is 17.1. The number of carbonyl (C=O) groups excluding carboxylic acids is 1. The molecule has 0 saturated carbocycles. The number of hydrogen-bond donors (Lipinski definition) is 3. The molecule has 4 rings (SSSR count). The number of aliphatic hydroxyl groups excluding tert-OH is 1. The number of nitrogens with two attached hydrogens (primary N) is 1. The van der Waals surface area contributed by atoms with Gasteiger partial charge in [-0.3, -0.25) is 4.90 Å². The van der Waals surface area contributed by atoms with Crippen LogP contribution in [0.15, 0.2) is 48.7 Å². The van der Waals surface area contributed by atoms with Gasteiger partial charge in [-0.25, -0.2) is 9.78 Å². The van der Waals surface area contributed by atoms with Gasteiger partial charge in [0, 0.05) is 46.7 Å². The maximum atomic E-state index is 12.0. The minimum absolute atomic E-state index is 0.0341. The van der Waals surface area contributed by atoms with Gasteiger partial charge in [-0.2, -0.15) is 0 Å². The SMILES string of the molecule is CC(C)(C)OC(=O)NC1CCN(C(O)c2ccc(C#Cc3c(N)ncc4ccc(Cl)cc34)cc2)CC1. The second-order valence-corrected chi connectivity index (χ2v) is 10.4. The lowest BCUT2D eigenvalue weighted by Gasteiger charge is -2.35. The first-order valence-electron chi connectivity index (χ1n) is 12.0. The zero-order valence-electron chi connectivity index (χ0n) is 20.7. The number of carbonyl (C=O) groups is 1. The number of alkyl carbamates (subject to hydrolysis) is 1. The van der Waals surface area contributed by atoms with Gasteiger partial charge in [-0.1, -0.05) is 41.6 Å². The van der Waals surface area contributed by atoms with E-state index < -0.39 is 17.9 Å². The highest BCUT2D eigenvalue weighted by Crippen LogP contribution is 2.26.